The van der Waals surface area contributed by atoms with Crippen molar-refractivity contribution in [2.45, 2.75) is 25.9 Å². The fraction of sp³-hybridized carbons (Fsp3) is 0.333. The van der Waals surface area contributed by atoms with E-state index < -0.39 is 0 Å². The van der Waals surface area contributed by atoms with Crippen LogP contribution < -0.4 is 5.73 Å². The van der Waals surface area contributed by atoms with Crippen molar-refractivity contribution in [1.82, 2.24) is 25.2 Å². The first-order valence-corrected chi connectivity index (χ1v) is 7.16. The number of nitrogens with zero attached hydrogens (tertiary/aromatic N) is 5. The first kappa shape index (κ1) is 12.9. The highest BCUT2D eigenvalue weighted by atomic mass is 32.1. The minimum atomic E-state index is -0.0897. The summed E-state index contributed by atoms with van der Waals surface area (Å²) >= 11 is 1.56. The summed E-state index contributed by atoms with van der Waals surface area (Å²) in [5, 5.41) is 18.1. The van der Waals surface area contributed by atoms with E-state index in [4.69, 9.17) is 10.2 Å². The Morgan fingerprint density at radius 2 is 2.30 bits per heavy atom. The van der Waals surface area contributed by atoms with Crippen molar-refractivity contribution in [2.75, 3.05) is 0 Å². The Bertz CT molecular complexity index is 674. The predicted octanol–water partition coefficient (Wildman–Crippen LogP) is 1.85. The van der Waals surface area contributed by atoms with Crippen LogP contribution in [0.15, 0.2) is 28.1 Å². The van der Waals surface area contributed by atoms with Crippen LogP contribution >= 0.6 is 11.3 Å². The molecule has 0 aliphatic heterocycles. The smallest absolute Gasteiger partial charge is 0.257 e. The van der Waals surface area contributed by atoms with Crippen molar-refractivity contribution in [3.63, 3.8) is 0 Å². The second-order valence-electron chi connectivity index (χ2n) is 4.33. The molecule has 0 aromatic carbocycles. The molecule has 3 rings (SSSR count). The Hall–Kier alpha value is -2.06. The number of aromatic nitrogens is 5. The van der Waals surface area contributed by atoms with Gasteiger partial charge in [0.05, 0.1) is 22.8 Å². The number of nitrogens with two attached hydrogens (primary N) is 1. The van der Waals surface area contributed by atoms with Crippen LogP contribution in [-0.2, 0) is 6.54 Å². The van der Waals surface area contributed by atoms with Crippen LogP contribution in [0.2, 0.25) is 0 Å². The minimum Gasteiger partial charge on any atom is -0.418 e. The van der Waals surface area contributed by atoms with Gasteiger partial charge in [-0.1, -0.05) is 18.2 Å². The topological polar surface area (TPSA) is 95.7 Å². The first-order valence-electron chi connectivity index (χ1n) is 6.28. The van der Waals surface area contributed by atoms with Crippen LogP contribution in [0.3, 0.4) is 0 Å². The van der Waals surface area contributed by atoms with Crippen LogP contribution in [0.5, 0.6) is 0 Å². The van der Waals surface area contributed by atoms with Gasteiger partial charge in [-0.3, -0.25) is 0 Å². The van der Waals surface area contributed by atoms with Gasteiger partial charge in [0.1, 0.15) is 6.54 Å². The van der Waals surface area contributed by atoms with E-state index in [1.54, 1.807) is 16.0 Å². The van der Waals surface area contributed by atoms with Gasteiger partial charge in [0.2, 0.25) is 5.89 Å². The van der Waals surface area contributed by atoms with Crippen LogP contribution in [0, 0.1) is 0 Å². The Labute approximate surface area is 119 Å². The molecule has 104 valence electrons. The third kappa shape index (κ3) is 2.61. The second kappa shape index (κ2) is 5.51. The molecule has 20 heavy (non-hydrogen) atoms. The van der Waals surface area contributed by atoms with Crippen LogP contribution in [0.4, 0.5) is 0 Å². The predicted molar refractivity (Wildman–Crippen MR) is 74.0 cm³/mol. The zero-order valence-electron chi connectivity index (χ0n) is 10.9. The summed E-state index contributed by atoms with van der Waals surface area (Å²) in [6.07, 6.45) is 2.63. The molecule has 0 bridgehead atoms. The van der Waals surface area contributed by atoms with Gasteiger partial charge in [-0.2, -0.15) is 0 Å². The average Bonchev–Trinajstić information content (AvgIpc) is 3.19. The Morgan fingerprint density at radius 1 is 1.40 bits per heavy atom. The average molecular weight is 290 g/mol. The van der Waals surface area contributed by atoms with Crippen molar-refractivity contribution in [3.8, 4) is 10.8 Å². The minimum absolute atomic E-state index is 0.0897. The van der Waals surface area contributed by atoms with E-state index in [9.17, 15) is 0 Å². The Balaban J connectivity index is 1.73. The lowest BCUT2D eigenvalue weighted by atomic mass is 10.2. The maximum absolute atomic E-state index is 5.90. The van der Waals surface area contributed by atoms with E-state index in [-0.39, 0.29) is 6.04 Å². The van der Waals surface area contributed by atoms with Crippen molar-refractivity contribution in [2.24, 2.45) is 5.73 Å². The number of hydrogen-bond donors (Lipinski definition) is 1. The van der Waals surface area contributed by atoms with E-state index >= 15 is 0 Å². The highest BCUT2D eigenvalue weighted by Gasteiger charge is 2.12. The molecule has 3 aromatic rings. The summed E-state index contributed by atoms with van der Waals surface area (Å²) in [6, 6.07) is 3.79. The van der Waals surface area contributed by atoms with Gasteiger partial charge >= 0.3 is 0 Å². The third-order valence-electron chi connectivity index (χ3n) is 2.87. The number of hydrogen-bond acceptors (Lipinski definition) is 7. The summed E-state index contributed by atoms with van der Waals surface area (Å²) < 4.78 is 7.25. The molecule has 7 nitrogen and oxygen atoms in total. The molecule has 0 aliphatic carbocycles. The molecule has 0 amide bonds. The van der Waals surface area contributed by atoms with Gasteiger partial charge in [0.25, 0.3) is 5.89 Å². The SMILES string of the molecule is CCC(N)c1cn(Cc2nnc(-c3cccs3)o2)nn1. The van der Waals surface area contributed by atoms with Crippen LogP contribution in [0.1, 0.15) is 31.0 Å². The summed E-state index contributed by atoms with van der Waals surface area (Å²) in [5.74, 6) is 1.02. The monoisotopic (exact) mass is 290 g/mol. The number of thiophene rings is 1. The number of rotatable bonds is 5. The van der Waals surface area contributed by atoms with Crippen molar-refractivity contribution >= 4 is 11.3 Å². The van der Waals surface area contributed by atoms with E-state index in [0.717, 1.165) is 17.0 Å². The molecule has 3 heterocycles. The van der Waals surface area contributed by atoms with E-state index in [2.05, 4.69) is 20.5 Å². The van der Waals surface area contributed by atoms with Crippen LogP contribution in [0.25, 0.3) is 10.8 Å². The van der Waals surface area contributed by atoms with Gasteiger partial charge in [0, 0.05) is 0 Å². The lowest BCUT2D eigenvalue weighted by Crippen LogP contribution is -2.08. The third-order valence-corrected chi connectivity index (χ3v) is 3.73. The van der Waals surface area contributed by atoms with Gasteiger partial charge in [-0.15, -0.1) is 26.6 Å². The quantitative estimate of drug-likeness (QED) is 0.770. The fourth-order valence-corrected chi connectivity index (χ4v) is 2.37. The standard InChI is InChI=1S/C12H14N6OS/c1-2-8(13)9-6-18(17-14-9)7-11-15-16-12(19-11)10-4-3-5-20-10/h3-6,8H,2,7,13H2,1H3. The van der Waals surface area contributed by atoms with E-state index in [1.165, 1.54) is 0 Å². The van der Waals surface area contributed by atoms with Crippen molar-refractivity contribution in [1.29, 1.82) is 0 Å². The largest absolute Gasteiger partial charge is 0.418 e. The van der Waals surface area contributed by atoms with Gasteiger partial charge in [-0.25, -0.2) is 4.68 Å². The molecule has 8 heteroatoms. The van der Waals surface area contributed by atoms with Gasteiger partial charge in [-0.05, 0) is 17.9 Å². The molecule has 3 aromatic heterocycles. The molecule has 0 spiro atoms. The highest BCUT2D eigenvalue weighted by molar-refractivity contribution is 7.13. The van der Waals surface area contributed by atoms with Crippen molar-refractivity contribution in [3.05, 3.63) is 35.3 Å². The van der Waals surface area contributed by atoms with Crippen molar-refractivity contribution < 1.29 is 4.42 Å². The lowest BCUT2D eigenvalue weighted by molar-refractivity contribution is 0.470. The van der Waals surface area contributed by atoms with E-state index in [0.29, 0.717) is 18.3 Å². The molecule has 1 atom stereocenters. The summed E-state index contributed by atoms with van der Waals surface area (Å²) in [4.78, 5) is 0.955. The van der Waals surface area contributed by atoms with Gasteiger partial charge in [0.15, 0.2) is 0 Å². The molecule has 0 radical (unpaired) electrons. The van der Waals surface area contributed by atoms with Gasteiger partial charge < -0.3 is 10.2 Å². The highest BCUT2D eigenvalue weighted by Crippen LogP contribution is 2.23. The van der Waals surface area contributed by atoms with Crippen LogP contribution in [-0.4, -0.2) is 25.2 Å². The lowest BCUT2D eigenvalue weighted by Gasteiger charge is -2.01. The normalized spacial score (nSPS) is 12.7. The zero-order chi connectivity index (χ0) is 13.9. The fourth-order valence-electron chi connectivity index (χ4n) is 1.73. The molecule has 0 saturated carbocycles. The maximum atomic E-state index is 5.90. The first-order chi connectivity index (χ1) is 9.76. The maximum Gasteiger partial charge on any atom is 0.257 e. The zero-order valence-corrected chi connectivity index (χ0v) is 11.7. The molecule has 1 unspecified atom stereocenters. The molecule has 2 N–H and O–H groups in total. The molecule has 0 aliphatic rings. The molecular weight excluding hydrogens is 276 g/mol. The van der Waals surface area contributed by atoms with E-state index in [1.807, 2.05) is 30.6 Å². The molecular formula is C12H14N6OS. The Morgan fingerprint density at radius 3 is 3.05 bits per heavy atom. The summed E-state index contributed by atoms with van der Waals surface area (Å²) in [5.41, 5.74) is 6.67. The Kier molecular flexibility index (Phi) is 3.57. The second-order valence-corrected chi connectivity index (χ2v) is 5.28. The molecule has 0 fully saturated rings. The summed E-state index contributed by atoms with van der Waals surface area (Å²) in [6.45, 7) is 2.40. The molecule has 0 saturated heterocycles. The summed E-state index contributed by atoms with van der Waals surface area (Å²) in [7, 11) is 0.